The summed E-state index contributed by atoms with van der Waals surface area (Å²) in [5.74, 6) is 0. The van der Waals surface area contributed by atoms with Crippen LogP contribution in [0.5, 0.6) is 0 Å². The van der Waals surface area contributed by atoms with E-state index in [1.165, 1.54) is 6.42 Å². The number of hydrogen-bond donors (Lipinski definition) is 2. The Labute approximate surface area is 122 Å². The van der Waals surface area contributed by atoms with Crippen LogP contribution in [0.2, 0.25) is 0 Å². The Hall–Kier alpha value is -0.170. The molecule has 2 aliphatic rings. The van der Waals surface area contributed by atoms with Crippen molar-refractivity contribution in [1.29, 1.82) is 0 Å². The van der Waals surface area contributed by atoms with Crippen molar-refractivity contribution in [3.8, 4) is 0 Å². The second kappa shape index (κ2) is 7.73. The SMILES string of the molecule is NC1CCC(OCCNS(=O)(=O)C2CCCCC2)CC1. The molecular formula is C14H28N2O3S. The summed E-state index contributed by atoms with van der Waals surface area (Å²) in [5, 5.41) is -0.191. The van der Waals surface area contributed by atoms with E-state index in [9.17, 15) is 8.42 Å². The van der Waals surface area contributed by atoms with Gasteiger partial charge >= 0.3 is 0 Å². The Morgan fingerprint density at radius 2 is 1.65 bits per heavy atom. The Morgan fingerprint density at radius 1 is 1.00 bits per heavy atom. The van der Waals surface area contributed by atoms with E-state index in [0.717, 1.165) is 51.4 Å². The Kier molecular flexibility index (Phi) is 6.26. The molecule has 0 aromatic heterocycles. The zero-order valence-corrected chi connectivity index (χ0v) is 13.0. The fourth-order valence-corrected chi connectivity index (χ4v) is 4.72. The van der Waals surface area contributed by atoms with Crippen molar-refractivity contribution >= 4 is 10.0 Å². The highest BCUT2D eigenvalue weighted by Crippen LogP contribution is 2.23. The molecule has 6 heteroatoms. The number of hydrogen-bond acceptors (Lipinski definition) is 4. The second-order valence-corrected chi connectivity index (χ2v) is 8.15. The molecule has 2 aliphatic carbocycles. The lowest BCUT2D eigenvalue weighted by Gasteiger charge is -2.26. The Morgan fingerprint density at radius 3 is 2.30 bits per heavy atom. The van der Waals surface area contributed by atoms with Gasteiger partial charge in [0.05, 0.1) is 18.0 Å². The predicted octanol–water partition coefficient (Wildman–Crippen LogP) is 1.52. The summed E-state index contributed by atoms with van der Waals surface area (Å²) < 4.78 is 32.6. The van der Waals surface area contributed by atoms with E-state index in [1.54, 1.807) is 0 Å². The minimum Gasteiger partial charge on any atom is -0.377 e. The lowest BCUT2D eigenvalue weighted by molar-refractivity contribution is 0.0287. The lowest BCUT2D eigenvalue weighted by atomic mass is 9.94. The molecular weight excluding hydrogens is 276 g/mol. The largest absolute Gasteiger partial charge is 0.377 e. The third kappa shape index (κ3) is 4.98. The first kappa shape index (κ1) is 16.2. The van der Waals surface area contributed by atoms with Crippen LogP contribution >= 0.6 is 0 Å². The number of ether oxygens (including phenoxy) is 1. The van der Waals surface area contributed by atoms with Crippen LogP contribution in [-0.2, 0) is 14.8 Å². The third-order valence-electron chi connectivity index (χ3n) is 4.47. The van der Waals surface area contributed by atoms with E-state index < -0.39 is 10.0 Å². The van der Waals surface area contributed by atoms with Gasteiger partial charge in [-0.2, -0.15) is 0 Å². The molecule has 0 unspecified atom stereocenters. The molecule has 5 nitrogen and oxygen atoms in total. The van der Waals surface area contributed by atoms with Crippen molar-refractivity contribution in [3.05, 3.63) is 0 Å². The van der Waals surface area contributed by atoms with Gasteiger partial charge in [-0.05, 0) is 38.5 Å². The highest BCUT2D eigenvalue weighted by atomic mass is 32.2. The van der Waals surface area contributed by atoms with Crippen LogP contribution in [0, 0.1) is 0 Å². The average Bonchev–Trinajstić information content (AvgIpc) is 2.46. The first-order valence-electron chi connectivity index (χ1n) is 7.93. The average molecular weight is 304 g/mol. The molecule has 118 valence electrons. The van der Waals surface area contributed by atoms with Crippen molar-refractivity contribution in [1.82, 2.24) is 4.72 Å². The third-order valence-corrected chi connectivity index (χ3v) is 6.42. The van der Waals surface area contributed by atoms with Gasteiger partial charge in [-0.3, -0.25) is 0 Å². The molecule has 2 fully saturated rings. The minimum atomic E-state index is -3.15. The van der Waals surface area contributed by atoms with E-state index in [-0.39, 0.29) is 11.4 Å². The maximum atomic E-state index is 12.1. The van der Waals surface area contributed by atoms with E-state index in [1.807, 2.05) is 0 Å². The summed E-state index contributed by atoms with van der Waals surface area (Å²) in [7, 11) is -3.15. The molecule has 0 aromatic rings. The second-order valence-electron chi connectivity index (χ2n) is 6.11. The van der Waals surface area contributed by atoms with Gasteiger partial charge in [0, 0.05) is 12.6 Å². The summed E-state index contributed by atoms with van der Waals surface area (Å²) in [6.07, 6.45) is 9.11. The number of sulfonamides is 1. The van der Waals surface area contributed by atoms with E-state index in [0.29, 0.717) is 19.2 Å². The summed E-state index contributed by atoms with van der Waals surface area (Å²) in [5.41, 5.74) is 5.84. The summed E-state index contributed by atoms with van der Waals surface area (Å²) in [6.45, 7) is 0.854. The van der Waals surface area contributed by atoms with Gasteiger partial charge in [-0.15, -0.1) is 0 Å². The van der Waals surface area contributed by atoms with Crippen molar-refractivity contribution in [2.75, 3.05) is 13.2 Å². The van der Waals surface area contributed by atoms with Crippen molar-refractivity contribution in [2.45, 2.75) is 75.2 Å². The molecule has 0 atom stereocenters. The maximum absolute atomic E-state index is 12.1. The topological polar surface area (TPSA) is 81.4 Å². The zero-order chi connectivity index (χ0) is 14.4. The van der Waals surface area contributed by atoms with Crippen LogP contribution in [0.1, 0.15) is 57.8 Å². The molecule has 0 amide bonds. The molecule has 0 heterocycles. The molecule has 3 N–H and O–H groups in total. The molecule has 2 rings (SSSR count). The maximum Gasteiger partial charge on any atom is 0.214 e. The van der Waals surface area contributed by atoms with Crippen LogP contribution in [0.4, 0.5) is 0 Å². The first-order valence-corrected chi connectivity index (χ1v) is 9.48. The quantitative estimate of drug-likeness (QED) is 0.729. The summed E-state index contributed by atoms with van der Waals surface area (Å²) >= 11 is 0. The van der Waals surface area contributed by atoms with Gasteiger partial charge in [0.1, 0.15) is 0 Å². The van der Waals surface area contributed by atoms with Gasteiger partial charge < -0.3 is 10.5 Å². The van der Waals surface area contributed by atoms with Gasteiger partial charge in [-0.1, -0.05) is 19.3 Å². The molecule has 0 bridgehead atoms. The normalized spacial score (nSPS) is 29.4. The van der Waals surface area contributed by atoms with Gasteiger partial charge in [0.15, 0.2) is 0 Å². The fourth-order valence-electron chi connectivity index (χ4n) is 3.16. The molecule has 0 radical (unpaired) electrons. The van der Waals surface area contributed by atoms with E-state index in [4.69, 9.17) is 10.5 Å². The van der Waals surface area contributed by atoms with Crippen molar-refractivity contribution < 1.29 is 13.2 Å². The molecule has 20 heavy (non-hydrogen) atoms. The van der Waals surface area contributed by atoms with Crippen LogP contribution in [0.25, 0.3) is 0 Å². The first-order chi connectivity index (χ1) is 9.58. The number of rotatable bonds is 6. The van der Waals surface area contributed by atoms with Crippen LogP contribution in [0.3, 0.4) is 0 Å². The highest BCUT2D eigenvalue weighted by molar-refractivity contribution is 7.90. The fraction of sp³-hybridized carbons (Fsp3) is 1.00. The van der Waals surface area contributed by atoms with E-state index in [2.05, 4.69) is 4.72 Å². The van der Waals surface area contributed by atoms with Gasteiger partial charge in [0.2, 0.25) is 10.0 Å². The van der Waals surface area contributed by atoms with Gasteiger partial charge in [0.25, 0.3) is 0 Å². The highest BCUT2D eigenvalue weighted by Gasteiger charge is 2.26. The predicted molar refractivity (Wildman–Crippen MR) is 80.0 cm³/mol. The van der Waals surface area contributed by atoms with Crippen molar-refractivity contribution in [3.63, 3.8) is 0 Å². The molecule has 2 saturated carbocycles. The molecule has 0 spiro atoms. The molecule has 0 aromatic carbocycles. The zero-order valence-electron chi connectivity index (χ0n) is 12.2. The smallest absolute Gasteiger partial charge is 0.214 e. The Bertz CT molecular complexity index is 372. The van der Waals surface area contributed by atoms with Crippen molar-refractivity contribution in [2.24, 2.45) is 5.73 Å². The van der Waals surface area contributed by atoms with Gasteiger partial charge in [-0.25, -0.2) is 13.1 Å². The minimum absolute atomic E-state index is 0.191. The number of nitrogens with two attached hydrogens (primary N) is 1. The Balaban J connectivity index is 1.62. The monoisotopic (exact) mass is 304 g/mol. The standard InChI is InChI=1S/C14H28N2O3S/c15-12-6-8-13(9-7-12)19-11-10-16-20(17,18)14-4-2-1-3-5-14/h12-14,16H,1-11,15H2. The van der Waals surface area contributed by atoms with E-state index >= 15 is 0 Å². The molecule has 0 saturated heterocycles. The molecule has 0 aliphatic heterocycles. The number of nitrogens with one attached hydrogen (secondary N) is 1. The van der Waals surface area contributed by atoms with Crippen LogP contribution in [-0.4, -0.2) is 39.0 Å². The summed E-state index contributed by atoms with van der Waals surface area (Å²) in [4.78, 5) is 0. The summed E-state index contributed by atoms with van der Waals surface area (Å²) in [6, 6.07) is 0.319. The van der Waals surface area contributed by atoms with Crippen LogP contribution in [0.15, 0.2) is 0 Å². The van der Waals surface area contributed by atoms with Crippen LogP contribution < -0.4 is 10.5 Å². The lowest BCUT2D eigenvalue weighted by Crippen LogP contribution is -2.38.